The topological polar surface area (TPSA) is 38.7 Å². The van der Waals surface area contributed by atoms with Gasteiger partial charge in [-0.05, 0) is 39.0 Å². The maximum Gasteiger partial charge on any atom is 0.144 e. The molecule has 94 valence electrons. The zero-order valence-electron chi connectivity index (χ0n) is 10.4. The van der Waals surface area contributed by atoms with Gasteiger partial charge in [0.2, 0.25) is 0 Å². The van der Waals surface area contributed by atoms with Crippen molar-refractivity contribution in [1.82, 2.24) is 0 Å². The van der Waals surface area contributed by atoms with E-state index in [1.54, 1.807) is 13.3 Å². The van der Waals surface area contributed by atoms with E-state index in [-0.39, 0.29) is 4.75 Å². The molecule has 0 fully saturated rings. The van der Waals surface area contributed by atoms with Gasteiger partial charge < -0.3 is 4.74 Å². The van der Waals surface area contributed by atoms with Crippen molar-refractivity contribution in [1.29, 1.82) is 0 Å². The molecule has 0 aliphatic heterocycles. The third-order valence-electron chi connectivity index (χ3n) is 2.01. The number of hydrogen-bond acceptors (Lipinski definition) is 2. The summed E-state index contributed by atoms with van der Waals surface area (Å²) in [6.07, 6.45) is 1.59. The molecule has 0 heterocycles. The maximum absolute atomic E-state index is 11.8. The van der Waals surface area contributed by atoms with Crippen molar-refractivity contribution in [2.45, 2.75) is 25.5 Å². The van der Waals surface area contributed by atoms with Crippen molar-refractivity contribution in [2.75, 3.05) is 7.11 Å². The van der Waals surface area contributed by atoms with Gasteiger partial charge in [-0.3, -0.25) is 0 Å². The van der Waals surface area contributed by atoms with E-state index < -0.39 is 11.0 Å². The lowest BCUT2D eigenvalue weighted by Gasteiger charge is -2.13. The molecular weight excluding hydrogens is 302 g/mol. The van der Waals surface area contributed by atoms with Crippen LogP contribution in [0.3, 0.4) is 0 Å². The number of methoxy groups -OCH3 is 1. The third kappa shape index (κ3) is 4.24. The Hall–Kier alpha value is -0.680. The molecule has 0 radical (unpaired) electrons. The van der Waals surface area contributed by atoms with E-state index in [4.69, 9.17) is 4.74 Å². The van der Waals surface area contributed by atoms with E-state index in [0.717, 1.165) is 10.0 Å². The lowest BCUT2D eigenvalue weighted by molar-refractivity contribution is 0.414. The minimum atomic E-state index is -1.25. The van der Waals surface area contributed by atoms with E-state index >= 15 is 0 Å². The number of benzene rings is 1. The first kappa shape index (κ1) is 14.4. The predicted octanol–water partition coefficient (Wildman–Crippen LogP) is 3.34. The summed E-state index contributed by atoms with van der Waals surface area (Å²) in [5, 5.41) is 0. The van der Waals surface area contributed by atoms with Crippen molar-refractivity contribution < 1.29 is 8.95 Å². The molecule has 0 saturated heterocycles. The van der Waals surface area contributed by atoms with Crippen LogP contribution >= 0.6 is 15.9 Å². The number of ether oxygens (including phenoxy) is 1. The molecule has 0 bridgehead atoms. The molecule has 1 atom stereocenters. The molecule has 0 aliphatic rings. The lowest BCUT2D eigenvalue weighted by atomic mass is 10.2. The lowest BCUT2D eigenvalue weighted by Crippen LogP contribution is -2.19. The van der Waals surface area contributed by atoms with Crippen molar-refractivity contribution in [3.63, 3.8) is 0 Å². The average molecular weight is 318 g/mol. The van der Waals surface area contributed by atoms with Gasteiger partial charge in [0.05, 0.1) is 11.9 Å². The summed E-state index contributed by atoms with van der Waals surface area (Å²) >= 11 is 3.36. The van der Waals surface area contributed by atoms with Gasteiger partial charge in [-0.15, -0.1) is 0 Å². The van der Waals surface area contributed by atoms with Gasteiger partial charge in [0, 0.05) is 16.3 Å². The molecule has 1 aromatic carbocycles. The molecule has 3 nitrogen and oxygen atoms in total. The second-order valence-electron chi connectivity index (χ2n) is 4.48. The van der Waals surface area contributed by atoms with Gasteiger partial charge in [-0.1, -0.05) is 15.9 Å². The summed E-state index contributed by atoms with van der Waals surface area (Å²) in [7, 11) is 0.346. The summed E-state index contributed by atoms with van der Waals surface area (Å²) in [5.74, 6) is 0.703. The highest BCUT2D eigenvalue weighted by Crippen LogP contribution is 2.22. The Labute approximate surface area is 113 Å². The first-order valence-electron chi connectivity index (χ1n) is 5.14. The van der Waals surface area contributed by atoms with Crippen molar-refractivity contribution >= 4 is 33.1 Å². The van der Waals surface area contributed by atoms with Crippen LogP contribution in [0.2, 0.25) is 0 Å². The fourth-order valence-corrected chi connectivity index (χ4v) is 1.92. The van der Waals surface area contributed by atoms with Gasteiger partial charge >= 0.3 is 0 Å². The van der Waals surface area contributed by atoms with Crippen LogP contribution in [-0.4, -0.2) is 22.3 Å². The van der Waals surface area contributed by atoms with Crippen LogP contribution in [0.15, 0.2) is 27.1 Å². The SMILES string of the molecule is COc1cc(Br)ccc1C=NS(=O)C(C)(C)C. The van der Waals surface area contributed by atoms with Gasteiger partial charge in [-0.2, -0.15) is 4.40 Å². The van der Waals surface area contributed by atoms with Crippen molar-refractivity contribution in [3.05, 3.63) is 28.2 Å². The Kier molecular flexibility index (Phi) is 4.89. The van der Waals surface area contributed by atoms with E-state index in [1.165, 1.54) is 0 Å². The van der Waals surface area contributed by atoms with Gasteiger partial charge in [0.25, 0.3) is 0 Å². The van der Waals surface area contributed by atoms with E-state index in [0.29, 0.717) is 5.75 Å². The molecule has 1 rings (SSSR count). The Bertz CT molecular complexity index is 452. The minimum absolute atomic E-state index is 0.348. The fourth-order valence-electron chi connectivity index (χ4n) is 1.05. The summed E-state index contributed by atoms with van der Waals surface area (Å²) in [6, 6.07) is 5.61. The summed E-state index contributed by atoms with van der Waals surface area (Å²) < 4.78 is 21.6. The maximum atomic E-state index is 11.8. The zero-order valence-corrected chi connectivity index (χ0v) is 12.8. The quantitative estimate of drug-likeness (QED) is 0.802. The van der Waals surface area contributed by atoms with Crippen LogP contribution in [0.25, 0.3) is 0 Å². The Morgan fingerprint density at radius 1 is 1.41 bits per heavy atom. The highest BCUT2D eigenvalue weighted by atomic mass is 79.9. The van der Waals surface area contributed by atoms with E-state index in [9.17, 15) is 4.21 Å². The van der Waals surface area contributed by atoms with Crippen LogP contribution in [0, 0.1) is 0 Å². The van der Waals surface area contributed by atoms with Crippen molar-refractivity contribution in [3.8, 4) is 5.75 Å². The molecule has 1 aromatic rings. The highest BCUT2D eigenvalue weighted by Gasteiger charge is 2.18. The molecule has 17 heavy (non-hydrogen) atoms. The molecule has 0 aromatic heterocycles. The Morgan fingerprint density at radius 3 is 2.59 bits per heavy atom. The molecule has 0 N–H and O–H groups in total. The van der Waals surface area contributed by atoms with E-state index in [1.807, 2.05) is 39.0 Å². The molecule has 0 amide bonds. The van der Waals surface area contributed by atoms with Crippen molar-refractivity contribution in [2.24, 2.45) is 4.40 Å². The van der Waals surface area contributed by atoms with Crippen LogP contribution < -0.4 is 4.74 Å². The standard InChI is InChI=1S/C12H16BrNO2S/c1-12(2,3)17(15)14-8-9-5-6-10(13)7-11(9)16-4/h5-8H,1-4H3. The fraction of sp³-hybridized carbons (Fsp3) is 0.417. The Balaban J connectivity index is 2.96. The third-order valence-corrected chi connectivity index (χ3v) is 3.84. The number of hydrogen-bond donors (Lipinski definition) is 0. The second-order valence-corrected chi connectivity index (χ2v) is 7.33. The van der Waals surface area contributed by atoms with Crippen LogP contribution in [0.5, 0.6) is 5.75 Å². The number of rotatable bonds is 3. The predicted molar refractivity (Wildman–Crippen MR) is 76.2 cm³/mol. The smallest absolute Gasteiger partial charge is 0.144 e. The highest BCUT2D eigenvalue weighted by molar-refractivity contribution is 9.10. The summed E-state index contributed by atoms with van der Waals surface area (Å²) in [5.41, 5.74) is 0.813. The second kappa shape index (κ2) is 5.78. The largest absolute Gasteiger partial charge is 0.496 e. The number of halogens is 1. The van der Waals surface area contributed by atoms with Crippen LogP contribution in [0.4, 0.5) is 0 Å². The normalized spacial score (nSPS) is 13.9. The van der Waals surface area contributed by atoms with Crippen LogP contribution in [0.1, 0.15) is 26.3 Å². The zero-order chi connectivity index (χ0) is 13.1. The van der Waals surface area contributed by atoms with Gasteiger partial charge in [-0.25, -0.2) is 4.21 Å². The van der Waals surface area contributed by atoms with Gasteiger partial charge in [0.15, 0.2) is 0 Å². The minimum Gasteiger partial charge on any atom is -0.496 e. The molecule has 1 unspecified atom stereocenters. The van der Waals surface area contributed by atoms with Crippen LogP contribution in [-0.2, 0) is 11.0 Å². The number of nitrogens with zero attached hydrogens (tertiary/aromatic N) is 1. The molecule has 0 spiro atoms. The summed E-state index contributed by atoms with van der Waals surface area (Å²) in [4.78, 5) is 0. The summed E-state index contributed by atoms with van der Waals surface area (Å²) in [6.45, 7) is 5.66. The molecule has 0 saturated carbocycles. The van der Waals surface area contributed by atoms with E-state index in [2.05, 4.69) is 20.3 Å². The van der Waals surface area contributed by atoms with Gasteiger partial charge in [0.1, 0.15) is 16.7 Å². The molecule has 5 heteroatoms. The first-order valence-corrected chi connectivity index (χ1v) is 7.04. The molecular formula is C12H16BrNO2S. The Morgan fingerprint density at radius 2 is 2.06 bits per heavy atom. The molecule has 0 aliphatic carbocycles. The average Bonchev–Trinajstić information content (AvgIpc) is 2.25. The monoisotopic (exact) mass is 317 g/mol. The first-order chi connectivity index (χ1) is 7.84.